The lowest BCUT2D eigenvalue weighted by Gasteiger charge is -2.32. The van der Waals surface area contributed by atoms with Crippen molar-refractivity contribution in [1.29, 1.82) is 0 Å². The number of esters is 1. The minimum atomic E-state index is -0.814. The van der Waals surface area contributed by atoms with E-state index in [2.05, 4.69) is 45.0 Å². The number of aryl methyl sites for hydroxylation is 2. The number of methoxy groups -OCH3 is 1. The predicted molar refractivity (Wildman–Crippen MR) is 184 cm³/mol. The van der Waals surface area contributed by atoms with Gasteiger partial charge >= 0.3 is 12.1 Å². The van der Waals surface area contributed by atoms with Gasteiger partial charge in [0.15, 0.2) is 0 Å². The summed E-state index contributed by atoms with van der Waals surface area (Å²) in [4.78, 5) is 24.3. The van der Waals surface area contributed by atoms with Crippen molar-refractivity contribution in [3.8, 4) is 23.0 Å². The largest absolute Gasteiger partial charge is 0.519 e. The highest BCUT2D eigenvalue weighted by Gasteiger charge is 2.31. The van der Waals surface area contributed by atoms with E-state index in [1.165, 1.54) is 6.92 Å². The quantitative estimate of drug-likeness (QED) is 0.0701. The Labute approximate surface area is 276 Å². The monoisotopic (exact) mass is 628 g/mol. The zero-order valence-electron chi connectivity index (χ0n) is 27.9. The summed E-state index contributed by atoms with van der Waals surface area (Å²) in [7, 11) is 1.67. The molecule has 47 heavy (non-hydrogen) atoms. The van der Waals surface area contributed by atoms with E-state index in [1.54, 1.807) is 31.4 Å². The van der Waals surface area contributed by atoms with Crippen molar-refractivity contribution in [2.45, 2.75) is 52.4 Å². The lowest BCUT2D eigenvalue weighted by atomic mass is 9.71. The molecule has 5 aromatic carbocycles. The molecular formula is C41H40O6. The molecule has 0 aliphatic carbocycles. The predicted octanol–water partition coefficient (Wildman–Crippen LogP) is 9.50. The molecule has 1 atom stereocenters. The van der Waals surface area contributed by atoms with Crippen LogP contribution in [0, 0.1) is 13.8 Å². The van der Waals surface area contributed by atoms with Crippen molar-refractivity contribution in [3.63, 3.8) is 0 Å². The first-order valence-electron chi connectivity index (χ1n) is 15.5. The van der Waals surface area contributed by atoms with Gasteiger partial charge in [0, 0.05) is 17.8 Å². The smallest absolute Gasteiger partial charge is 0.496 e. The van der Waals surface area contributed by atoms with E-state index in [9.17, 15) is 9.59 Å². The number of hydrogen-bond donors (Lipinski definition) is 0. The Morgan fingerprint density at radius 3 is 1.45 bits per heavy atom. The first kappa shape index (κ1) is 33.0. The summed E-state index contributed by atoms with van der Waals surface area (Å²) >= 11 is 0. The van der Waals surface area contributed by atoms with Gasteiger partial charge in [0.25, 0.3) is 0 Å². The molecule has 0 fully saturated rings. The number of carbonyl (C=O) groups excluding carboxylic acids is 2. The normalized spacial score (nSPS) is 12.5. The SMILES string of the molecule is COc1ccc(C(C)(C)c2ccc(OC(=O)Oc3ccc(C(C)(c4ccccc4)c4ccc(OC(C)=O)cc4)cc3)c(C)c2)cc1C. The van der Waals surface area contributed by atoms with Crippen LogP contribution in [0.1, 0.15) is 66.6 Å². The average molecular weight is 629 g/mol. The second-order valence-electron chi connectivity index (χ2n) is 12.4. The molecule has 0 amide bonds. The molecule has 240 valence electrons. The van der Waals surface area contributed by atoms with E-state index >= 15 is 0 Å². The molecule has 0 aliphatic rings. The van der Waals surface area contributed by atoms with Gasteiger partial charge in [-0.1, -0.05) is 92.7 Å². The molecular weight excluding hydrogens is 588 g/mol. The van der Waals surface area contributed by atoms with E-state index in [0.717, 1.165) is 44.7 Å². The topological polar surface area (TPSA) is 71.1 Å². The second-order valence-corrected chi connectivity index (χ2v) is 12.4. The highest BCUT2D eigenvalue weighted by atomic mass is 16.7. The lowest BCUT2D eigenvalue weighted by Crippen LogP contribution is -2.25. The molecule has 5 aromatic rings. The summed E-state index contributed by atoms with van der Waals surface area (Å²) in [6.07, 6.45) is -0.814. The molecule has 0 spiro atoms. The first-order valence-corrected chi connectivity index (χ1v) is 15.5. The number of hydrogen-bond acceptors (Lipinski definition) is 6. The molecule has 6 heteroatoms. The van der Waals surface area contributed by atoms with Crippen LogP contribution < -0.4 is 18.9 Å². The first-order chi connectivity index (χ1) is 22.4. The van der Waals surface area contributed by atoms with Crippen LogP contribution >= 0.6 is 0 Å². The van der Waals surface area contributed by atoms with Crippen LogP contribution in [0.2, 0.25) is 0 Å². The van der Waals surface area contributed by atoms with Crippen LogP contribution in [0.15, 0.2) is 115 Å². The molecule has 0 N–H and O–H groups in total. The number of benzene rings is 5. The van der Waals surface area contributed by atoms with Gasteiger partial charge in [0.2, 0.25) is 0 Å². The summed E-state index contributed by atoms with van der Waals surface area (Å²) in [6.45, 7) is 11.8. The minimum Gasteiger partial charge on any atom is -0.496 e. The van der Waals surface area contributed by atoms with Crippen LogP contribution in [0.25, 0.3) is 0 Å². The van der Waals surface area contributed by atoms with E-state index < -0.39 is 11.6 Å². The third-order valence-corrected chi connectivity index (χ3v) is 8.88. The fourth-order valence-electron chi connectivity index (χ4n) is 5.94. The molecule has 1 unspecified atom stereocenters. The van der Waals surface area contributed by atoms with Gasteiger partial charge < -0.3 is 18.9 Å². The van der Waals surface area contributed by atoms with E-state index in [1.807, 2.05) is 80.6 Å². The highest BCUT2D eigenvalue weighted by molar-refractivity contribution is 5.69. The van der Waals surface area contributed by atoms with Crippen LogP contribution in [0.3, 0.4) is 0 Å². The molecule has 0 bridgehead atoms. The van der Waals surface area contributed by atoms with Crippen LogP contribution in [-0.4, -0.2) is 19.2 Å². The Morgan fingerprint density at radius 2 is 0.979 bits per heavy atom. The molecule has 0 saturated carbocycles. The highest BCUT2D eigenvalue weighted by Crippen LogP contribution is 2.40. The lowest BCUT2D eigenvalue weighted by molar-refractivity contribution is -0.131. The van der Waals surface area contributed by atoms with Crippen molar-refractivity contribution in [2.75, 3.05) is 7.11 Å². The number of ether oxygens (including phenoxy) is 4. The standard InChI is InChI=1S/C41H40O6/c1-27-25-33(17-23-37(27)44-7)40(4,5)34-18-24-38(28(2)26-34)47-39(43)46-36-21-15-32(16-22-36)41(6,30-11-9-8-10-12-30)31-13-19-35(20-14-31)45-29(3)42/h8-26H,1-7H3. The fourth-order valence-corrected chi connectivity index (χ4v) is 5.94. The molecule has 0 saturated heterocycles. The fraction of sp³-hybridized carbons (Fsp3) is 0.220. The summed E-state index contributed by atoms with van der Waals surface area (Å²) in [5.74, 6) is 1.78. The van der Waals surface area contributed by atoms with Gasteiger partial charge in [-0.05, 0) is 96.1 Å². The van der Waals surface area contributed by atoms with E-state index in [4.69, 9.17) is 18.9 Å². The molecule has 5 rings (SSSR count). The zero-order valence-corrected chi connectivity index (χ0v) is 27.9. The maximum atomic E-state index is 12.9. The summed E-state index contributed by atoms with van der Waals surface area (Å²) in [5, 5.41) is 0. The third-order valence-electron chi connectivity index (χ3n) is 8.88. The van der Waals surface area contributed by atoms with Crippen molar-refractivity contribution in [2.24, 2.45) is 0 Å². The number of carbonyl (C=O) groups is 2. The summed E-state index contributed by atoms with van der Waals surface area (Å²) in [6, 6.07) is 37.1. The Morgan fingerprint density at radius 1 is 0.532 bits per heavy atom. The number of rotatable bonds is 9. The third kappa shape index (κ3) is 7.07. The van der Waals surface area contributed by atoms with Crippen LogP contribution in [0.5, 0.6) is 23.0 Å². The average Bonchev–Trinajstić information content (AvgIpc) is 3.06. The van der Waals surface area contributed by atoms with Gasteiger partial charge in [-0.3, -0.25) is 4.79 Å². The summed E-state index contributed by atoms with van der Waals surface area (Å²) < 4.78 is 21.9. The zero-order chi connectivity index (χ0) is 33.8. The van der Waals surface area contributed by atoms with Crippen molar-refractivity contribution in [3.05, 3.63) is 154 Å². The van der Waals surface area contributed by atoms with Crippen LogP contribution in [-0.2, 0) is 15.6 Å². The summed E-state index contributed by atoms with van der Waals surface area (Å²) in [5.41, 5.74) is 6.43. The Bertz CT molecular complexity index is 1870. The molecule has 0 aromatic heterocycles. The Balaban J connectivity index is 1.32. The van der Waals surface area contributed by atoms with Gasteiger partial charge in [0.1, 0.15) is 23.0 Å². The molecule has 0 aliphatic heterocycles. The maximum Gasteiger partial charge on any atom is 0.519 e. The van der Waals surface area contributed by atoms with Gasteiger partial charge in [-0.25, -0.2) is 4.79 Å². The molecule has 0 heterocycles. The molecule has 6 nitrogen and oxygen atoms in total. The Hall–Kier alpha value is -5.36. The van der Waals surface area contributed by atoms with Crippen molar-refractivity contribution in [1.82, 2.24) is 0 Å². The van der Waals surface area contributed by atoms with Crippen molar-refractivity contribution >= 4 is 12.1 Å². The van der Waals surface area contributed by atoms with Gasteiger partial charge in [-0.2, -0.15) is 0 Å². The maximum absolute atomic E-state index is 12.9. The minimum absolute atomic E-state index is 0.277. The van der Waals surface area contributed by atoms with Gasteiger partial charge in [0.05, 0.1) is 7.11 Å². The van der Waals surface area contributed by atoms with Crippen LogP contribution in [0.4, 0.5) is 4.79 Å². The van der Waals surface area contributed by atoms with E-state index in [-0.39, 0.29) is 11.4 Å². The van der Waals surface area contributed by atoms with Gasteiger partial charge in [-0.15, -0.1) is 0 Å². The van der Waals surface area contributed by atoms with E-state index in [0.29, 0.717) is 17.2 Å². The Kier molecular flexibility index (Phi) is 9.52. The molecule has 0 radical (unpaired) electrons. The second kappa shape index (κ2) is 13.6. The van der Waals surface area contributed by atoms with Crippen molar-refractivity contribution < 1.29 is 28.5 Å².